The van der Waals surface area contributed by atoms with Crippen LogP contribution in [0.2, 0.25) is 0 Å². The zero-order valence-electron chi connectivity index (χ0n) is 17.6. The largest absolute Gasteiger partial charge is 0.324 e. The number of hydrogen-bond donors (Lipinski definition) is 2. The molecular formula is C23H22N4O3S2. The second kappa shape index (κ2) is 9.15. The zero-order chi connectivity index (χ0) is 22.7. The second-order valence-electron chi connectivity index (χ2n) is 7.56. The molecule has 4 aromatic rings. The van der Waals surface area contributed by atoms with Crippen molar-refractivity contribution in [2.45, 2.75) is 31.2 Å². The maximum atomic E-state index is 13.3. The van der Waals surface area contributed by atoms with E-state index in [1.54, 1.807) is 12.1 Å². The Balaban J connectivity index is 1.66. The summed E-state index contributed by atoms with van der Waals surface area (Å²) in [6, 6.07) is 18.8. The molecule has 3 aromatic carbocycles. The molecule has 0 radical (unpaired) electrons. The van der Waals surface area contributed by atoms with Crippen LogP contribution in [0.3, 0.4) is 0 Å². The van der Waals surface area contributed by atoms with Gasteiger partial charge in [0.2, 0.25) is 15.9 Å². The maximum Gasteiger partial charge on any atom is 0.243 e. The Kier molecular flexibility index (Phi) is 6.31. The van der Waals surface area contributed by atoms with E-state index in [0.717, 1.165) is 28.4 Å². The van der Waals surface area contributed by atoms with E-state index in [1.807, 2.05) is 62.4 Å². The number of nitrogens with zero attached hydrogens (tertiary/aromatic N) is 2. The Hall–Kier alpha value is -3.14. The van der Waals surface area contributed by atoms with Crippen LogP contribution in [0.15, 0.2) is 71.6 Å². The minimum absolute atomic E-state index is 0.00125. The van der Waals surface area contributed by atoms with E-state index in [1.165, 1.54) is 6.07 Å². The predicted octanol–water partition coefficient (Wildman–Crippen LogP) is 3.84. The number of fused-ring (bicyclic) bond motifs is 1. The Morgan fingerprint density at radius 1 is 1.00 bits per heavy atom. The SMILES string of the molecule is Cc1ccc(C)c(NC(=O)[C@@H](Cc2ccccc2)NS(=O)(=O)c2cccc3nsnc23)c1. The molecule has 0 spiro atoms. The van der Waals surface area contributed by atoms with Crippen LogP contribution >= 0.6 is 11.7 Å². The molecule has 164 valence electrons. The number of aryl methyl sites for hydroxylation is 2. The van der Waals surface area contributed by atoms with Crippen LogP contribution in [0.25, 0.3) is 11.0 Å². The van der Waals surface area contributed by atoms with E-state index in [9.17, 15) is 13.2 Å². The van der Waals surface area contributed by atoms with E-state index >= 15 is 0 Å². The third-order valence-corrected chi connectivity index (χ3v) is 7.13. The zero-order valence-corrected chi connectivity index (χ0v) is 19.2. The monoisotopic (exact) mass is 466 g/mol. The van der Waals surface area contributed by atoms with Gasteiger partial charge in [0.25, 0.3) is 0 Å². The lowest BCUT2D eigenvalue weighted by Gasteiger charge is -2.20. The van der Waals surface area contributed by atoms with Crippen LogP contribution in [-0.2, 0) is 21.2 Å². The third-order valence-electron chi connectivity index (χ3n) is 5.09. The van der Waals surface area contributed by atoms with Gasteiger partial charge >= 0.3 is 0 Å². The molecule has 1 amide bonds. The van der Waals surface area contributed by atoms with Crippen molar-refractivity contribution in [3.05, 3.63) is 83.4 Å². The van der Waals surface area contributed by atoms with E-state index in [4.69, 9.17) is 0 Å². The Morgan fingerprint density at radius 2 is 1.78 bits per heavy atom. The molecule has 1 atom stereocenters. The van der Waals surface area contributed by atoms with Crippen LogP contribution in [0, 0.1) is 13.8 Å². The number of carbonyl (C=O) groups is 1. The quantitative estimate of drug-likeness (QED) is 0.431. The first-order chi connectivity index (χ1) is 15.3. The van der Waals surface area contributed by atoms with Gasteiger partial charge in [-0.2, -0.15) is 13.5 Å². The first-order valence-electron chi connectivity index (χ1n) is 9.99. The fraction of sp³-hybridized carbons (Fsp3) is 0.174. The van der Waals surface area contributed by atoms with Crippen molar-refractivity contribution in [1.82, 2.24) is 13.5 Å². The highest BCUT2D eigenvalue weighted by atomic mass is 32.2. The molecule has 0 aliphatic heterocycles. The van der Waals surface area contributed by atoms with Crippen LogP contribution in [0.1, 0.15) is 16.7 Å². The highest BCUT2D eigenvalue weighted by Crippen LogP contribution is 2.22. The van der Waals surface area contributed by atoms with Gasteiger partial charge in [-0.25, -0.2) is 8.42 Å². The Labute approximate surface area is 190 Å². The van der Waals surface area contributed by atoms with Gasteiger partial charge in [-0.15, -0.1) is 0 Å². The predicted molar refractivity (Wildman–Crippen MR) is 126 cm³/mol. The number of benzene rings is 3. The van der Waals surface area contributed by atoms with Crippen LogP contribution in [-0.4, -0.2) is 29.1 Å². The average Bonchev–Trinajstić information content (AvgIpc) is 3.25. The van der Waals surface area contributed by atoms with E-state index in [-0.39, 0.29) is 11.3 Å². The van der Waals surface area contributed by atoms with Gasteiger partial charge in [0.05, 0.1) is 11.7 Å². The molecular weight excluding hydrogens is 444 g/mol. The molecule has 7 nitrogen and oxygen atoms in total. The fourth-order valence-electron chi connectivity index (χ4n) is 3.38. The average molecular weight is 467 g/mol. The lowest BCUT2D eigenvalue weighted by Crippen LogP contribution is -2.45. The summed E-state index contributed by atoms with van der Waals surface area (Å²) >= 11 is 0.944. The number of amides is 1. The molecule has 0 aliphatic rings. The fourth-order valence-corrected chi connectivity index (χ4v) is 5.34. The first-order valence-corrected chi connectivity index (χ1v) is 12.2. The number of nitrogens with one attached hydrogen (secondary N) is 2. The van der Waals surface area contributed by atoms with Crippen LogP contribution < -0.4 is 10.0 Å². The van der Waals surface area contributed by atoms with Crippen molar-refractivity contribution >= 4 is 44.4 Å². The molecule has 0 fully saturated rings. The molecule has 1 heterocycles. The molecule has 0 unspecified atom stereocenters. The third kappa shape index (κ3) is 4.85. The van der Waals surface area contributed by atoms with Crippen LogP contribution in [0.5, 0.6) is 0 Å². The van der Waals surface area contributed by atoms with Crippen LogP contribution in [0.4, 0.5) is 5.69 Å². The topological polar surface area (TPSA) is 101 Å². The summed E-state index contributed by atoms with van der Waals surface area (Å²) in [6.45, 7) is 3.82. The molecule has 0 bridgehead atoms. The molecule has 9 heteroatoms. The Bertz CT molecular complexity index is 1370. The maximum absolute atomic E-state index is 13.3. The Morgan fingerprint density at radius 3 is 2.56 bits per heavy atom. The number of hydrogen-bond acceptors (Lipinski definition) is 6. The number of sulfonamides is 1. The summed E-state index contributed by atoms with van der Waals surface area (Å²) < 4.78 is 37.4. The second-order valence-corrected chi connectivity index (χ2v) is 9.77. The van der Waals surface area contributed by atoms with Gasteiger partial charge in [-0.1, -0.05) is 48.5 Å². The van der Waals surface area contributed by atoms with Gasteiger partial charge in [0.1, 0.15) is 22.0 Å². The van der Waals surface area contributed by atoms with Gasteiger partial charge < -0.3 is 5.32 Å². The van der Waals surface area contributed by atoms with Crippen molar-refractivity contribution in [2.24, 2.45) is 0 Å². The number of carbonyl (C=O) groups excluding carboxylic acids is 1. The van der Waals surface area contributed by atoms with E-state index in [2.05, 4.69) is 18.8 Å². The summed E-state index contributed by atoms with van der Waals surface area (Å²) in [6.07, 6.45) is 0.196. The van der Waals surface area contributed by atoms with Gasteiger partial charge in [0, 0.05) is 5.69 Å². The number of rotatable bonds is 7. The van der Waals surface area contributed by atoms with Gasteiger partial charge in [0.15, 0.2) is 0 Å². The summed E-state index contributed by atoms with van der Waals surface area (Å²) in [4.78, 5) is 13.2. The minimum Gasteiger partial charge on any atom is -0.324 e. The molecule has 4 rings (SSSR count). The highest BCUT2D eigenvalue weighted by molar-refractivity contribution is 7.89. The molecule has 0 saturated heterocycles. The number of aromatic nitrogens is 2. The van der Waals surface area contributed by atoms with Gasteiger partial charge in [-0.3, -0.25) is 4.79 Å². The van der Waals surface area contributed by atoms with E-state index in [0.29, 0.717) is 16.7 Å². The summed E-state index contributed by atoms with van der Waals surface area (Å²) in [5.74, 6) is -0.435. The van der Waals surface area contributed by atoms with Crippen molar-refractivity contribution in [3.8, 4) is 0 Å². The summed E-state index contributed by atoms with van der Waals surface area (Å²) in [5, 5.41) is 2.89. The molecule has 2 N–H and O–H groups in total. The minimum atomic E-state index is -4.04. The lowest BCUT2D eigenvalue weighted by molar-refractivity contribution is -0.117. The summed E-state index contributed by atoms with van der Waals surface area (Å²) in [7, 11) is -4.04. The van der Waals surface area contributed by atoms with Gasteiger partial charge in [-0.05, 0) is 55.2 Å². The normalized spacial score (nSPS) is 12.6. The van der Waals surface area contributed by atoms with Crippen molar-refractivity contribution in [1.29, 1.82) is 0 Å². The first kappa shape index (κ1) is 22.1. The standard InChI is InChI=1S/C23H22N4O3S2/c1-15-11-12-16(2)19(13-15)24-23(28)20(14-17-7-4-3-5-8-17)27-32(29,30)21-10-6-9-18-22(21)26-31-25-18/h3-13,20,27H,14H2,1-2H3,(H,24,28)/t20-/m1/s1. The smallest absolute Gasteiger partial charge is 0.243 e. The molecule has 0 saturated carbocycles. The number of anilines is 1. The highest BCUT2D eigenvalue weighted by Gasteiger charge is 2.28. The molecule has 32 heavy (non-hydrogen) atoms. The van der Waals surface area contributed by atoms with Crippen molar-refractivity contribution in [2.75, 3.05) is 5.32 Å². The van der Waals surface area contributed by atoms with E-state index < -0.39 is 22.0 Å². The molecule has 0 aliphatic carbocycles. The van der Waals surface area contributed by atoms with Crippen molar-refractivity contribution < 1.29 is 13.2 Å². The summed E-state index contributed by atoms with van der Waals surface area (Å²) in [5.41, 5.74) is 4.16. The van der Waals surface area contributed by atoms with Crippen molar-refractivity contribution in [3.63, 3.8) is 0 Å². The molecule has 1 aromatic heterocycles. The lowest BCUT2D eigenvalue weighted by atomic mass is 10.1.